The van der Waals surface area contributed by atoms with E-state index in [4.69, 9.17) is 19.2 Å². The molecule has 0 aliphatic heterocycles. The Morgan fingerprint density at radius 2 is 1.86 bits per heavy atom. The van der Waals surface area contributed by atoms with Crippen LogP contribution in [0.3, 0.4) is 0 Å². The highest BCUT2D eigenvalue weighted by Crippen LogP contribution is 2.06. The van der Waals surface area contributed by atoms with Crippen LogP contribution in [0, 0.1) is 0 Å². The summed E-state index contributed by atoms with van der Waals surface area (Å²) in [5, 5.41) is 0. The highest BCUT2D eigenvalue weighted by molar-refractivity contribution is 5.86. The SMILES string of the molecule is C=CC(=O)OCCC(CCOC(=O)C(=C)C)OOC=NC. The summed E-state index contributed by atoms with van der Waals surface area (Å²) in [6, 6.07) is 0. The van der Waals surface area contributed by atoms with Crippen LogP contribution in [0.15, 0.2) is 29.8 Å². The monoisotopic (exact) mass is 299 g/mol. The van der Waals surface area contributed by atoms with Gasteiger partial charge < -0.3 is 14.4 Å². The van der Waals surface area contributed by atoms with Crippen LogP contribution in [0.1, 0.15) is 19.8 Å². The zero-order chi connectivity index (χ0) is 16.1. The van der Waals surface area contributed by atoms with E-state index in [9.17, 15) is 9.59 Å². The first-order valence-corrected chi connectivity index (χ1v) is 6.35. The zero-order valence-electron chi connectivity index (χ0n) is 12.4. The fraction of sp³-hybridized carbons (Fsp3) is 0.500. The first kappa shape index (κ1) is 18.9. The van der Waals surface area contributed by atoms with Crippen molar-refractivity contribution < 1.29 is 28.8 Å². The largest absolute Gasteiger partial charge is 0.462 e. The molecule has 0 N–H and O–H groups in total. The van der Waals surface area contributed by atoms with E-state index in [2.05, 4.69) is 18.2 Å². The summed E-state index contributed by atoms with van der Waals surface area (Å²) in [7, 11) is 1.53. The smallest absolute Gasteiger partial charge is 0.333 e. The molecule has 0 radical (unpaired) electrons. The van der Waals surface area contributed by atoms with Gasteiger partial charge in [-0.15, -0.1) is 0 Å². The summed E-state index contributed by atoms with van der Waals surface area (Å²) >= 11 is 0. The van der Waals surface area contributed by atoms with Crippen LogP contribution >= 0.6 is 0 Å². The third kappa shape index (κ3) is 10.3. The van der Waals surface area contributed by atoms with Crippen molar-refractivity contribution >= 4 is 18.3 Å². The molecule has 118 valence electrons. The molecule has 0 aliphatic rings. The average Bonchev–Trinajstić information content (AvgIpc) is 2.46. The molecule has 0 amide bonds. The van der Waals surface area contributed by atoms with Gasteiger partial charge in [-0.25, -0.2) is 9.59 Å². The molecule has 0 bridgehead atoms. The normalized spacial score (nSPS) is 11.7. The first-order valence-electron chi connectivity index (χ1n) is 6.35. The third-order valence-electron chi connectivity index (χ3n) is 2.21. The fourth-order valence-corrected chi connectivity index (χ4v) is 1.14. The van der Waals surface area contributed by atoms with E-state index in [0.717, 1.165) is 12.5 Å². The quantitative estimate of drug-likeness (QED) is 0.144. The van der Waals surface area contributed by atoms with Crippen molar-refractivity contribution in [3.05, 3.63) is 24.8 Å². The third-order valence-corrected chi connectivity index (χ3v) is 2.21. The molecule has 0 saturated carbocycles. The molecule has 7 heteroatoms. The van der Waals surface area contributed by atoms with Crippen molar-refractivity contribution in [3.8, 4) is 0 Å². The predicted octanol–water partition coefficient (Wildman–Crippen LogP) is 1.59. The van der Waals surface area contributed by atoms with Crippen molar-refractivity contribution in [2.45, 2.75) is 25.9 Å². The topological polar surface area (TPSA) is 83.4 Å². The molecule has 1 atom stereocenters. The summed E-state index contributed by atoms with van der Waals surface area (Å²) < 4.78 is 9.80. The van der Waals surface area contributed by atoms with E-state index >= 15 is 0 Å². The molecule has 1 unspecified atom stereocenters. The van der Waals surface area contributed by atoms with Gasteiger partial charge in [0.15, 0.2) is 0 Å². The van der Waals surface area contributed by atoms with Crippen molar-refractivity contribution in [1.82, 2.24) is 0 Å². The van der Waals surface area contributed by atoms with Crippen LogP contribution in [-0.4, -0.2) is 44.7 Å². The summed E-state index contributed by atoms with van der Waals surface area (Å²) in [4.78, 5) is 35.5. The minimum absolute atomic E-state index is 0.135. The first-order chi connectivity index (χ1) is 10.0. The number of hydrogen-bond acceptors (Lipinski definition) is 7. The summed E-state index contributed by atoms with van der Waals surface area (Å²) in [5.74, 6) is -0.985. The number of carbonyl (C=O) groups excluding carboxylic acids is 2. The molecule has 0 saturated heterocycles. The Bertz CT molecular complexity index is 391. The van der Waals surface area contributed by atoms with E-state index in [1.807, 2.05) is 0 Å². The van der Waals surface area contributed by atoms with Gasteiger partial charge in [0.2, 0.25) is 6.40 Å². The minimum Gasteiger partial charge on any atom is -0.462 e. The Morgan fingerprint density at radius 3 is 2.38 bits per heavy atom. The molecule has 0 aliphatic carbocycles. The van der Waals surface area contributed by atoms with E-state index in [1.165, 1.54) is 7.05 Å². The molecular formula is C14H21NO6. The molecule has 0 rings (SSSR count). The molecule has 0 heterocycles. The standard InChI is InChI=1S/C14H21NO6/c1-5-13(16)18-8-6-12(21-20-10-15-4)7-9-19-14(17)11(2)3/h5,10,12H,1-2,6-9H2,3-4H3. The predicted molar refractivity (Wildman–Crippen MR) is 76.5 cm³/mol. The van der Waals surface area contributed by atoms with Crippen molar-refractivity contribution in [3.63, 3.8) is 0 Å². The number of esters is 2. The Hall–Kier alpha value is -2.15. The van der Waals surface area contributed by atoms with Gasteiger partial charge in [0.1, 0.15) is 6.10 Å². The highest BCUT2D eigenvalue weighted by atomic mass is 17.2. The molecular weight excluding hydrogens is 278 g/mol. The van der Waals surface area contributed by atoms with E-state index < -0.39 is 18.0 Å². The van der Waals surface area contributed by atoms with Crippen LogP contribution in [-0.2, 0) is 28.8 Å². The van der Waals surface area contributed by atoms with Crippen molar-refractivity contribution in [1.29, 1.82) is 0 Å². The van der Waals surface area contributed by atoms with E-state index in [1.54, 1.807) is 6.92 Å². The molecule has 21 heavy (non-hydrogen) atoms. The summed E-state index contributed by atoms with van der Waals surface area (Å²) in [5.41, 5.74) is 0.321. The molecule has 0 fully saturated rings. The average molecular weight is 299 g/mol. The van der Waals surface area contributed by atoms with Gasteiger partial charge in [0, 0.05) is 31.5 Å². The number of nitrogens with zero attached hydrogens (tertiary/aromatic N) is 1. The molecule has 0 spiro atoms. The maximum Gasteiger partial charge on any atom is 0.333 e. The molecule has 0 aromatic rings. The Balaban J connectivity index is 4.12. The Morgan fingerprint density at radius 1 is 1.24 bits per heavy atom. The molecule has 0 aromatic heterocycles. The number of aliphatic imine (C=N–C) groups is 1. The van der Waals surface area contributed by atoms with Gasteiger partial charge in [0.05, 0.1) is 13.2 Å². The Labute approximate surface area is 124 Å². The molecule has 7 nitrogen and oxygen atoms in total. The fourth-order valence-electron chi connectivity index (χ4n) is 1.14. The van der Waals surface area contributed by atoms with Crippen molar-refractivity contribution in [2.24, 2.45) is 4.99 Å². The Kier molecular flexibility index (Phi) is 10.5. The number of ether oxygens (including phenoxy) is 2. The van der Waals surface area contributed by atoms with E-state index in [-0.39, 0.29) is 13.2 Å². The van der Waals surface area contributed by atoms with Crippen LogP contribution in [0.4, 0.5) is 0 Å². The van der Waals surface area contributed by atoms with Gasteiger partial charge in [0.25, 0.3) is 0 Å². The maximum absolute atomic E-state index is 11.2. The van der Waals surface area contributed by atoms with Crippen LogP contribution < -0.4 is 0 Å². The number of carbonyl (C=O) groups is 2. The second-order valence-electron chi connectivity index (χ2n) is 4.04. The lowest BCUT2D eigenvalue weighted by Gasteiger charge is -2.15. The van der Waals surface area contributed by atoms with Gasteiger partial charge in [-0.1, -0.05) is 13.2 Å². The number of rotatable bonds is 11. The molecule has 0 aromatic carbocycles. The summed E-state index contributed by atoms with van der Waals surface area (Å²) in [6.45, 7) is 8.60. The van der Waals surface area contributed by atoms with Gasteiger partial charge in [-0.3, -0.25) is 4.99 Å². The minimum atomic E-state index is -0.515. The zero-order valence-corrected chi connectivity index (χ0v) is 12.4. The van der Waals surface area contributed by atoms with Crippen LogP contribution in [0.2, 0.25) is 0 Å². The van der Waals surface area contributed by atoms with Crippen LogP contribution in [0.25, 0.3) is 0 Å². The van der Waals surface area contributed by atoms with Gasteiger partial charge in [-0.05, 0) is 6.92 Å². The second kappa shape index (κ2) is 11.7. The van der Waals surface area contributed by atoms with Gasteiger partial charge in [-0.2, -0.15) is 4.89 Å². The summed E-state index contributed by atoms with van der Waals surface area (Å²) in [6.07, 6.45) is 2.54. The highest BCUT2D eigenvalue weighted by Gasteiger charge is 2.13. The van der Waals surface area contributed by atoms with E-state index in [0.29, 0.717) is 18.4 Å². The van der Waals surface area contributed by atoms with Crippen LogP contribution in [0.5, 0.6) is 0 Å². The maximum atomic E-state index is 11.2. The van der Waals surface area contributed by atoms with Crippen molar-refractivity contribution in [2.75, 3.05) is 20.3 Å². The second-order valence-corrected chi connectivity index (χ2v) is 4.04. The lowest BCUT2D eigenvalue weighted by atomic mass is 10.2. The lowest BCUT2D eigenvalue weighted by molar-refractivity contribution is -0.260. The lowest BCUT2D eigenvalue weighted by Crippen LogP contribution is -2.20. The van der Waals surface area contributed by atoms with Gasteiger partial charge >= 0.3 is 11.9 Å². The number of hydrogen-bond donors (Lipinski definition) is 0.